The number of aromatic nitrogens is 2. The Hall–Kier alpha value is -1.74. The van der Waals surface area contributed by atoms with Crippen LogP contribution in [-0.2, 0) is 11.3 Å². The van der Waals surface area contributed by atoms with Gasteiger partial charge in [0.25, 0.3) is 0 Å². The minimum atomic E-state index is -5.68. The van der Waals surface area contributed by atoms with Gasteiger partial charge in [-0.3, -0.25) is 9.89 Å². The van der Waals surface area contributed by atoms with Gasteiger partial charge in [0.15, 0.2) is 0 Å². The molecule has 0 spiro atoms. The summed E-state index contributed by atoms with van der Waals surface area (Å²) in [6.45, 7) is -0.499. The first-order chi connectivity index (χ1) is 8.12. The van der Waals surface area contributed by atoms with Crippen LogP contribution in [0, 0.1) is 5.92 Å². The van der Waals surface area contributed by atoms with E-state index in [9.17, 15) is 31.1 Å². The van der Waals surface area contributed by atoms with Crippen LogP contribution in [0.2, 0.25) is 0 Å². The summed E-state index contributed by atoms with van der Waals surface area (Å²) in [6.07, 6.45) is -10.1. The van der Waals surface area contributed by atoms with Crippen molar-refractivity contribution >= 4 is 5.91 Å². The Morgan fingerprint density at radius 1 is 1.28 bits per heavy atom. The van der Waals surface area contributed by atoms with Crippen LogP contribution < -0.4 is 5.32 Å². The van der Waals surface area contributed by atoms with Gasteiger partial charge in [-0.1, -0.05) is 0 Å². The molecule has 2 N–H and O–H groups in total. The molecule has 1 rings (SSSR count). The number of carbonyl (C=O) groups is 1. The van der Waals surface area contributed by atoms with Crippen molar-refractivity contribution in [3.8, 4) is 0 Å². The molecule has 0 aliphatic carbocycles. The zero-order valence-corrected chi connectivity index (χ0v) is 8.56. The minimum absolute atomic E-state index is 0.187. The van der Waals surface area contributed by atoms with Gasteiger partial charge in [0.2, 0.25) is 11.8 Å². The van der Waals surface area contributed by atoms with Crippen LogP contribution in [0.1, 0.15) is 5.69 Å². The summed E-state index contributed by atoms with van der Waals surface area (Å²) in [4.78, 5) is 10.9. The highest BCUT2D eigenvalue weighted by Crippen LogP contribution is 2.39. The summed E-state index contributed by atoms with van der Waals surface area (Å²) in [5.74, 6) is -6.18. The highest BCUT2D eigenvalue weighted by molar-refractivity contribution is 5.80. The molecule has 1 amide bonds. The van der Waals surface area contributed by atoms with Crippen molar-refractivity contribution in [3.05, 3.63) is 18.0 Å². The quantitative estimate of drug-likeness (QED) is 0.826. The number of alkyl halides is 6. The molecule has 0 atom stereocenters. The third-order valence-electron chi connectivity index (χ3n) is 1.93. The van der Waals surface area contributed by atoms with Gasteiger partial charge < -0.3 is 5.32 Å². The van der Waals surface area contributed by atoms with Crippen LogP contribution in [0.3, 0.4) is 0 Å². The summed E-state index contributed by atoms with van der Waals surface area (Å²) in [5, 5.41) is 7.25. The number of H-pyrrole nitrogens is 1. The van der Waals surface area contributed by atoms with Crippen LogP contribution in [0.4, 0.5) is 26.3 Å². The number of amides is 1. The van der Waals surface area contributed by atoms with E-state index in [0.29, 0.717) is 0 Å². The van der Waals surface area contributed by atoms with E-state index in [-0.39, 0.29) is 5.69 Å². The number of hydrogen-bond donors (Lipinski definition) is 2. The van der Waals surface area contributed by atoms with Gasteiger partial charge in [0, 0.05) is 6.20 Å². The van der Waals surface area contributed by atoms with Crippen molar-refractivity contribution in [3.63, 3.8) is 0 Å². The maximum atomic E-state index is 12.1. The summed E-state index contributed by atoms with van der Waals surface area (Å²) >= 11 is 0. The number of aromatic amines is 1. The molecule has 18 heavy (non-hydrogen) atoms. The highest BCUT2D eigenvalue weighted by atomic mass is 19.4. The van der Waals surface area contributed by atoms with Crippen LogP contribution in [0.15, 0.2) is 12.3 Å². The normalized spacial score (nSPS) is 12.8. The van der Waals surface area contributed by atoms with E-state index in [0.717, 1.165) is 0 Å². The highest BCUT2D eigenvalue weighted by Gasteiger charge is 2.60. The smallest absolute Gasteiger partial charge is 0.350 e. The van der Waals surface area contributed by atoms with Gasteiger partial charge in [-0.15, -0.1) is 0 Å². The first kappa shape index (κ1) is 14.3. The number of nitrogens with zero attached hydrogens (tertiary/aromatic N) is 1. The Morgan fingerprint density at radius 3 is 2.22 bits per heavy atom. The van der Waals surface area contributed by atoms with Gasteiger partial charge in [0.05, 0.1) is 12.2 Å². The molecule has 0 radical (unpaired) electrons. The van der Waals surface area contributed by atoms with E-state index in [1.807, 2.05) is 0 Å². The SMILES string of the molecule is O=C(NCc1ccn[nH]1)C(C(F)(F)F)C(F)(F)F. The maximum Gasteiger partial charge on any atom is 0.409 e. The first-order valence-electron chi connectivity index (χ1n) is 4.51. The van der Waals surface area contributed by atoms with Crippen molar-refractivity contribution in [2.24, 2.45) is 5.92 Å². The lowest BCUT2D eigenvalue weighted by atomic mass is 10.1. The summed E-state index contributed by atoms with van der Waals surface area (Å²) in [5.41, 5.74) is 0.187. The summed E-state index contributed by atoms with van der Waals surface area (Å²) in [6, 6.07) is 1.30. The molecule has 0 unspecified atom stereocenters. The lowest BCUT2D eigenvalue weighted by molar-refractivity contribution is -0.274. The predicted molar refractivity (Wildman–Crippen MR) is 46.0 cm³/mol. The molecule has 0 aliphatic heterocycles. The van der Waals surface area contributed by atoms with E-state index in [1.54, 1.807) is 5.32 Å². The second kappa shape index (κ2) is 4.86. The third kappa shape index (κ3) is 3.64. The molecule has 10 heteroatoms. The Balaban J connectivity index is 2.72. The topological polar surface area (TPSA) is 57.8 Å². The lowest BCUT2D eigenvalue weighted by Crippen LogP contribution is -2.47. The standard InChI is InChI=1S/C8H7F6N3O/c9-7(10,11)5(8(12,13)14)6(18)15-3-4-1-2-16-17-4/h1-2,5H,3H2,(H,15,18)(H,16,17). The zero-order chi connectivity index (χ0) is 14.0. The Morgan fingerprint density at radius 2 is 1.83 bits per heavy atom. The third-order valence-corrected chi connectivity index (χ3v) is 1.93. The fourth-order valence-corrected chi connectivity index (χ4v) is 1.15. The number of rotatable bonds is 3. The molecule has 0 fully saturated rings. The second-order valence-electron chi connectivity index (χ2n) is 3.32. The second-order valence-corrected chi connectivity index (χ2v) is 3.32. The summed E-state index contributed by atoms with van der Waals surface area (Å²) < 4.78 is 72.8. The average Bonchev–Trinajstić information content (AvgIpc) is 2.61. The Labute approximate surface area is 96.4 Å². The first-order valence-corrected chi connectivity index (χ1v) is 4.51. The van der Waals surface area contributed by atoms with E-state index < -0.39 is 30.7 Å². The van der Waals surface area contributed by atoms with Crippen LogP contribution in [0.5, 0.6) is 0 Å². The van der Waals surface area contributed by atoms with Gasteiger partial charge in [-0.2, -0.15) is 31.4 Å². The molecule has 0 saturated heterocycles. The van der Waals surface area contributed by atoms with Crippen LogP contribution in [-0.4, -0.2) is 28.5 Å². The van der Waals surface area contributed by atoms with E-state index in [1.165, 1.54) is 12.3 Å². The Bertz CT molecular complexity index is 382. The number of nitrogens with one attached hydrogen (secondary N) is 2. The van der Waals surface area contributed by atoms with Crippen LogP contribution in [0.25, 0.3) is 0 Å². The van der Waals surface area contributed by atoms with E-state index in [2.05, 4.69) is 10.2 Å². The molecule has 102 valence electrons. The van der Waals surface area contributed by atoms with Crippen molar-refractivity contribution in [2.45, 2.75) is 18.9 Å². The molecule has 1 aromatic rings. The van der Waals surface area contributed by atoms with E-state index in [4.69, 9.17) is 0 Å². The largest absolute Gasteiger partial charge is 0.409 e. The van der Waals surface area contributed by atoms with Gasteiger partial charge in [0.1, 0.15) is 0 Å². The molecule has 0 aromatic carbocycles. The average molecular weight is 275 g/mol. The molecule has 0 aliphatic rings. The predicted octanol–water partition coefficient (Wildman–Crippen LogP) is 1.77. The van der Waals surface area contributed by atoms with Crippen molar-refractivity contribution in [1.29, 1.82) is 0 Å². The fourth-order valence-electron chi connectivity index (χ4n) is 1.15. The monoisotopic (exact) mass is 275 g/mol. The minimum Gasteiger partial charge on any atom is -0.350 e. The van der Waals surface area contributed by atoms with Crippen molar-refractivity contribution < 1.29 is 31.1 Å². The molecule has 0 bridgehead atoms. The number of halogens is 6. The molecule has 4 nitrogen and oxygen atoms in total. The lowest BCUT2D eigenvalue weighted by Gasteiger charge is -2.21. The van der Waals surface area contributed by atoms with Gasteiger partial charge in [-0.25, -0.2) is 0 Å². The number of carbonyl (C=O) groups excluding carboxylic acids is 1. The fraction of sp³-hybridized carbons (Fsp3) is 0.500. The molecular weight excluding hydrogens is 268 g/mol. The molecule has 1 aromatic heterocycles. The summed E-state index contributed by atoms with van der Waals surface area (Å²) in [7, 11) is 0. The zero-order valence-electron chi connectivity index (χ0n) is 8.56. The van der Waals surface area contributed by atoms with Crippen molar-refractivity contribution in [1.82, 2.24) is 15.5 Å². The molecular formula is C8H7F6N3O. The molecule has 0 saturated carbocycles. The molecule has 1 heterocycles. The maximum absolute atomic E-state index is 12.1. The van der Waals surface area contributed by atoms with Gasteiger partial charge in [-0.05, 0) is 6.07 Å². The van der Waals surface area contributed by atoms with E-state index >= 15 is 0 Å². The number of hydrogen-bond acceptors (Lipinski definition) is 2. The van der Waals surface area contributed by atoms with Crippen molar-refractivity contribution in [2.75, 3.05) is 0 Å². The van der Waals surface area contributed by atoms with Crippen LogP contribution >= 0.6 is 0 Å². The Kier molecular flexibility index (Phi) is 3.87. The van der Waals surface area contributed by atoms with Gasteiger partial charge >= 0.3 is 12.4 Å².